The quantitative estimate of drug-likeness (QED) is 0.509. The van der Waals surface area contributed by atoms with Gasteiger partial charge < -0.3 is 15.8 Å². The summed E-state index contributed by atoms with van der Waals surface area (Å²) in [6.07, 6.45) is 5.71. The van der Waals surface area contributed by atoms with Gasteiger partial charge in [0, 0.05) is 6.07 Å². The zero-order valence-corrected chi connectivity index (χ0v) is 12.2. The third-order valence-corrected chi connectivity index (χ3v) is 3.82. The number of nitrogens with one attached hydrogen (secondary N) is 1. The number of ether oxygens (including phenoxy) is 1. The number of nitrogens with two attached hydrogens (primary N) is 1. The summed E-state index contributed by atoms with van der Waals surface area (Å²) < 4.78 is 5.19. The maximum Gasteiger partial charge on any atom is 0.189 e. The van der Waals surface area contributed by atoms with Crippen LogP contribution in [0.4, 0.5) is 5.69 Å². The second kappa shape index (κ2) is 6.77. The standard InChI is InChI=1S/C15H19ClN2O2/c1-20-15-9-13(17)12(16)8-11(15)14(19)3-2-10-4-6-18-7-5-10/h2-3,8-10,18H,4-7,17H2,1H3/b3-2+. The summed E-state index contributed by atoms with van der Waals surface area (Å²) in [6, 6.07) is 3.14. The topological polar surface area (TPSA) is 64.3 Å². The molecule has 108 valence electrons. The number of piperidine rings is 1. The van der Waals surface area contributed by atoms with Crippen LogP contribution in [0.25, 0.3) is 0 Å². The predicted octanol–water partition coefficient (Wildman–Crippen LogP) is 2.67. The van der Waals surface area contributed by atoms with Gasteiger partial charge >= 0.3 is 0 Å². The molecule has 0 aromatic heterocycles. The van der Waals surface area contributed by atoms with Gasteiger partial charge in [-0.1, -0.05) is 17.7 Å². The first kappa shape index (κ1) is 14.9. The van der Waals surface area contributed by atoms with Gasteiger partial charge in [-0.05, 0) is 44.0 Å². The summed E-state index contributed by atoms with van der Waals surface area (Å²) in [6.45, 7) is 2.00. The van der Waals surface area contributed by atoms with Crippen LogP contribution < -0.4 is 15.8 Å². The molecule has 1 aliphatic heterocycles. The molecule has 0 bridgehead atoms. The van der Waals surface area contributed by atoms with Crippen molar-refractivity contribution in [1.29, 1.82) is 0 Å². The number of carbonyl (C=O) groups is 1. The van der Waals surface area contributed by atoms with E-state index in [1.807, 2.05) is 6.08 Å². The van der Waals surface area contributed by atoms with Crippen molar-refractivity contribution in [2.45, 2.75) is 12.8 Å². The minimum atomic E-state index is -0.109. The SMILES string of the molecule is COc1cc(N)c(Cl)cc1C(=O)/C=C/C1CCNCC1. The third kappa shape index (κ3) is 3.52. The molecule has 0 unspecified atom stereocenters. The molecule has 1 aromatic carbocycles. The maximum atomic E-state index is 12.2. The van der Waals surface area contributed by atoms with Crippen LogP contribution in [-0.4, -0.2) is 26.0 Å². The van der Waals surface area contributed by atoms with Gasteiger partial charge in [0.25, 0.3) is 0 Å². The van der Waals surface area contributed by atoms with Crippen LogP contribution in [0.2, 0.25) is 5.02 Å². The summed E-state index contributed by atoms with van der Waals surface area (Å²) in [4.78, 5) is 12.2. The van der Waals surface area contributed by atoms with Crippen molar-refractivity contribution in [3.63, 3.8) is 0 Å². The molecule has 1 aromatic rings. The van der Waals surface area contributed by atoms with Crippen LogP contribution >= 0.6 is 11.6 Å². The normalized spacial score (nSPS) is 16.5. The lowest BCUT2D eigenvalue weighted by Crippen LogP contribution is -2.26. The Morgan fingerprint density at radius 2 is 2.15 bits per heavy atom. The largest absolute Gasteiger partial charge is 0.496 e. The average molecular weight is 295 g/mol. The monoisotopic (exact) mass is 294 g/mol. The zero-order chi connectivity index (χ0) is 14.5. The van der Waals surface area contributed by atoms with Gasteiger partial charge in [0.05, 0.1) is 23.4 Å². The van der Waals surface area contributed by atoms with Gasteiger partial charge in [0.2, 0.25) is 0 Å². The third-order valence-electron chi connectivity index (χ3n) is 3.49. The Bertz CT molecular complexity index is 523. The molecule has 0 aliphatic carbocycles. The summed E-state index contributed by atoms with van der Waals surface area (Å²) in [5.74, 6) is 0.796. The van der Waals surface area contributed by atoms with E-state index in [-0.39, 0.29) is 5.78 Å². The fourth-order valence-corrected chi connectivity index (χ4v) is 2.44. The lowest BCUT2D eigenvalue weighted by atomic mass is 9.96. The molecule has 4 nitrogen and oxygen atoms in total. The number of carbonyl (C=O) groups excluding carboxylic acids is 1. The number of anilines is 1. The Hall–Kier alpha value is -1.52. The summed E-state index contributed by atoms with van der Waals surface area (Å²) in [5.41, 5.74) is 6.55. The van der Waals surface area contributed by atoms with E-state index in [0.717, 1.165) is 25.9 Å². The van der Waals surface area contributed by atoms with Crippen molar-refractivity contribution in [1.82, 2.24) is 5.32 Å². The highest BCUT2D eigenvalue weighted by molar-refractivity contribution is 6.33. The van der Waals surface area contributed by atoms with Crippen LogP contribution in [0.5, 0.6) is 5.75 Å². The first-order valence-electron chi connectivity index (χ1n) is 6.68. The second-order valence-electron chi connectivity index (χ2n) is 4.88. The number of halogens is 1. The summed E-state index contributed by atoms with van der Waals surface area (Å²) in [5, 5.41) is 3.66. The first-order chi connectivity index (χ1) is 9.61. The number of hydrogen-bond acceptors (Lipinski definition) is 4. The number of hydrogen-bond donors (Lipinski definition) is 2. The molecular formula is C15H19ClN2O2. The van der Waals surface area contributed by atoms with Crippen molar-refractivity contribution in [3.8, 4) is 5.75 Å². The van der Waals surface area contributed by atoms with Crippen molar-refractivity contribution in [3.05, 3.63) is 34.9 Å². The molecule has 1 fully saturated rings. The molecule has 3 N–H and O–H groups in total. The smallest absolute Gasteiger partial charge is 0.189 e. The van der Waals surface area contributed by atoms with E-state index in [0.29, 0.717) is 27.9 Å². The molecule has 2 rings (SSSR count). The van der Waals surface area contributed by atoms with E-state index >= 15 is 0 Å². The lowest BCUT2D eigenvalue weighted by Gasteiger charge is -2.19. The highest BCUT2D eigenvalue weighted by Gasteiger charge is 2.14. The Morgan fingerprint density at radius 3 is 2.80 bits per heavy atom. The molecule has 0 spiro atoms. The molecule has 1 aliphatic rings. The molecular weight excluding hydrogens is 276 g/mol. The number of nitrogen functional groups attached to an aromatic ring is 1. The Balaban J connectivity index is 2.15. The Kier molecular flexibility index (Phi) is 5.04. The minimum Gasteiger partial charge on any atom is -0.496 e. The van der Waals surface area contributed by atoms with Crippen LogP contribution in [0.15, 0.2) is 24.3 Å². The van der Waals surface area contributed by atoms with Gasteiger partial charge in [-0.3, -0.25) is 4.79 Å². The van der Waals surface area contributed by atoms with Gasteiger partial charge in [0.1, 0.15) is 5.75 Å². The molecule has 0 atom stereocenters. The van der Waals surface area contributed by atoms with Crippen molar-refractivity contribution >= 4 is 23.1 Å². The van der Waals surface area contributed by atoms with Gasteiger partial charge in [-0.15, -0.1) is 0 Å². The number of rotatable bonds is 4. The summed E-state index contributed by atoms with van der Waals surface area (Å²) in [7, 11) is 1.51. The summed E-state index contributed by atoms with van der Waals surface area (Å²) >= 11 is 5.97. The van der Waals surface area contributed by atoms with E-state index in [2.05, 4.69) is 5.32 Å². The van der Waals surface area contributed by atoms with Gasteiger partial charge in [-0.2, -0.15) is 0 Å². The van der Waals surface area contributed by atoms with Crippen LogP contribution in [0.1, 0.15) is 23.2 Å². The lowest BCUT2D eigenvalue weighted by molar-refractivity contribution is 0.104. The highest BCUT2D eigenvalue weighted by Crippen LogP contribution is 2.29. The van der Waals surface area contributed by atoms with Crippen molar-refractivity contribution in [2.24, 2.45) is 5.92 Å². The van der Waals surface area contributed by atoms with Gasteiger partial charge in [0.15, 0.2) is 5.78 Å². The molecule has 1 saturated heterocycles. The van der Waals surface area contributed by atoms with E-state index in [4.69, 9.17) is 22.1 Å². The second-order valence-corrected chi connectivity index (χ2v) is 5.29. The molecule has 0 amide bonds. The van der Waals surface area contributed by atoms with Crippen molar-refractivity contribution < 1.29 is 9.53 Å². The minimum absolute atomic E-state index is 0.109. The van der Waals surface area contributed by atoms with E-state index < -0.39 is 0 Å². The number of ketones is 1. The molecule has 20 heavy (non-hydrogen) atoms. The van der Waals surface area contributed by atoms with Gasteiger partial charge in [-0.25, -0.2) is 0 Å². The zero-order valence-electron chi connectivity index (χ0n) is 11.5. The van der Waals surface area contributed by atoms with E-state index in [1.54, 1.807) is 18.2 Å². The fraction of sp³-hybridized carbons (Fsp3) is 0.400. The first-order valence-corrected chi connectivity index (χ1v) is 7.06. The molecule has 0 radical (unpaired) electrons. The molecule has 0 saturated carbocycles. The molecule has 1 heterocycles. The average Bonchev–Trinajstić information content (AvgIpc) is 2.48. The Labute approximate surface area is 123 Å². The highest BCUT2D eigenvalue weighted by atomic mass is 35.5. The van der Waals surface area contributed by atoms with Crippen molar-refractivity contribution in [2.75, 3.05) is 25.9 Å². The van der Waals surface area contributed by atoms with E-state index in [1.165, 1.54) is 7.11 Å². The number of benzene rings is 1. The van der Waals surface area contributed by atoms with Crippen LogP contribution in [0.3, 0.4) is 0 Å². The van der Waals surface area contributed by atoms with E-state index in [9.17, 15) is 4.79 Å². The number of allylic oxidation sites excluding steroid dienone is 2. The number of methoxy groups -OCH3 is 1. The van der Waals surface area contributed by atoms with Crippen LogP contribution in [0, 0.1) is 5.92 Å². The Morgan fingerprint density at radius 1 is 1.45 bits per heavy atom. The molecule has 5 heteroatoms. The fourth-order valence-electron chi connectivity index (χ4n) is 2.28. The predicted molar refractivity (Wildman–Crippen MR) is 81.5 cm³/mol. The van der Waals surface area contributed by atoms with Crippen LogP contribution in [-0.2, 0) is 0 Å². The maximum absolute atomic E-state index is 12.2.